The molecule has 0 fully saturated rings. The fourth-order valence-corrected chi connectivity index (χ4v) is 2.73. The van der Waals surface area contributed by atoms with E-state index in [1.54, 1.807) is 41.6 Å². The van der Waals surface area contributed by atoms with Crippen molar-refractivity contribution in [2.24, 2.45) is 0 Å². The lowest BCUT2D eigenvalue weighted by Gasteiger charge is -2.08. The normalized spacial score (nSPS) is 10.9. The highest BCUT2D eigenvalue weighted by Gasteiger charge is 2.11. The molecule has 0 radical (unpaired) electrons. The first-order valence-electron chi connectivity index (χ1n) is 8.55. The molecule has 0 aliphatic rings. The molecule has 4 heterocycles. The van der Waals surface area contributed by atoms with E-state index < -0.39 is 0 Å². The maximum absolute atomic E-state index is 12.4. The second kappa shape index (κ2) is 7.35. The van der Waals surface area contributed by atoms with Crippen molar-refractivity contribution in [3.63, 3.8) is 0 Å². The van der Waals surface area contributed by atoms with Gasteiger partial charge in [-0.2, -0.15) is 10.2 Å². The van der Waals surface area contributed by atoms with Gasteiger partial charge in [-0.25, -0.2) is 14.6 Å². The molecule has 142 valence electrons. The van der Waals surface area contributed by atoms with Gasteiger partial charge in [0, 0.05) is 24.0 Å². The van der Waals surface area contributed by atoms with Gasteiger partial charge in [0.1, 0.15) is 30.4 Å². The third kappa shape index (κ3) is 3.90. The molecule has 0 unspecified atom stereocenters. The van der Waals surface area contributed by atoms with Crippen LogP contribution in [-0.2, 0) is 17.9 Å². The number of aromatic nitrogens is 6. The van der Waals surface area contributed by atoms with Crippen LogP contribution >= 0.6 is 0 Å². The number of hydrogen-bond donors (Lipinski definition) is 2. The van der Waals surface area contributed by atoms with Gasteiger partial charge in [0.25, 0.3) is 0 Å². The van der Waals surface area contributed by atoms with Gasteiger partial charge in [-0.15, -0.1) is 0 Å². The highest BCUT2D eigenvalue weighted by molar-refractivity contribution is 5.89. The Bertz CT molecular complexity index is 1110. The molecule has 0 spiro atoms. The van der Waals surface area contributed by atoms with Gasteiger partial charge in [0.15, 0.2) is 0 Å². The van der Waals surface area contributed by atoms with Crippen molar-refractivity contribution in [2.75, 3.05) is 11.1 Å². The summed E-state index contributed by atoms with van der Waals surface area (Å²) in [5.41, 5.74) is 7.00. The standard InChI is InChI=1S/C18H18N8O2/c1-12-2-3-14(28-12)10-26-16(5-7-21-26)24-17(27)11-25-9-13(8-22-25)15-4-6-20-18(19)23-15/h2-9H,10-11H2,1H3,(H,24,27)(H2,19,20,23). The number of carbonyl (C=O) groups is 1. The van der Waals surface area contributed by atoms with E-state index in [1.165, 1.54) is 4.68 Å². The zero-order chi connectivity index (χ0) is 19.5. The summed E-state index contributed by atoms with van der Waals surface area (Å²) < 4.78 is 8.75. The summed E-state index contributed by atoms with van der Waals surface area (Å²) in [5.74, 6) is 2.12. The summed E-state index contributed by atoms with van der Waals surface area (Å²) in [4.78, 5) is 20.4. The van der Waals surface area contributed by atoms with Gasteiger partial charge in [-0.3, -0.25) is 9.48 Å². The Labute approximate surface area is 160 Å². The van der Waals surface area contributed by atoms with Gasteiger partial charge < -0.3 is 15.5 Å². The summed E-state index contributed by atoms with van der Waals surface area (Å²) in [6, 6.07) is 7.23. The Morgan fingerprint density at radius 1 is 1.21 bits per heavy atom. The molecular formula is C18H18N8O2. The van der Waals surface area contributed by atoms with Crippen molar-refractivity contribution < 1.29 is 9.21 Å². The smallest absolute Gasteiger partial charge is 0.247 e. The number of anilines is 2. The Balaban J connectivity index is 1.41. The third-order valence-electron chi connectivity index (χ3n) is 3.99. The zero-order valence-corrected chi connectivity index (χ0v) is 15.1. The fraction of sp³-hybridized carbons (Fsp3) is 0.167. The van der Waals surface area contributed by atoms with Gasteiger partial charge in [0.05, 0.1) is 18.1 Å². The van der Waals surface area contributed by atoms with Crippen LogP contribution in [0.1, 0.15) is 11.5 Å². The first kappa shape index (κ1) is 17.5. The molecule has 10 nitrogen and oxygen atoms in total. The van der Waals surface area contributed by atoms with Crippen molar-refractivity contribution in [1.29, 1.82) is 0 Å². The van der Waals surface area contributed by atoms with Crippen LogP contribution in [0.2, 0.25) is 0 Å². The monoisotopic (exact) mass is 378 g/mol. The first-order valence-corrected chi connectivity index (χ1v) is 8.55. The van der Waals surface area contributed by atoms with E-state index in [4.69, 9.17) is 10.2 Å². The minimum atomic E-state index is -0.228. The van der Waals surface area contributed by atoms with E-state index in [-0.39, 0.29) is 18.4 Å². The number of rotatable bonds is 6. The first-order chi connectivity index (χ1) is 13.6. The predicted octanol–water partition coefficient (Wildman–Crippen LogP) is 1.71. The number of nitrogens with one attached hydrogen (secondary N) is 1. The zero-order valence-electron chi connectivity index (χ0n) is 15.1. The lowest BCUT2D eigenvalue weighted by molar-refractivity contribution is -0.116. The number of furan rings is 1. The van der Waals surface area contributed by atoms with Crippen LogP contribution in [0, 0.1) is 6.92 Å². The predicted molar refractivity (Wildman–Crippen MR) is 101 cm³/mol. The van der Waals surface area contributed by atoms with Crippen LogP contribution < -0.4 is 11.1 Å². The molecule has 0 aliphatic carbocycles. The molecule has 28 heavy (non-hydrogen) atoms. The molecule has 4 rings (SSSR count). The molecule has 3 N–H and O–H groups in total. The molecule has 0 atom stereocenters. The molecule has 4 aromatic heterocycles. The van der Waals surface area contributed by atoms with Crippen LogP contribution in [0.25, 0.3) is 11.3 Å². The molecule has 1 amide bonds. The quantitative estimate of drug-likeness (QED) is 0.522. The highest BCUT2D eigenvalue weighted by Crippen LogP contribution is 2.16. The maximum Gasteiger partial charge on any atom is 0.247 e. The summed E-state index contributed by atoms with van der Waals surface area (Å²) >= 11 is 0. The number of nitrogens with zero attached hydrogens (tertiary/aromatic N) is 6. The second-order valence-corrected chi connectivity index (χ2v) is 6.16. The fourth-order valence-electron chi connectivity index (χ4n) is 2.73. The summed E-state index contributed by atoms with van der Waals surface area (Å²) in [7, 11) is 0. The molecule has 4 aromatic rings. The number of nitrogen functional groups attached to an aromatic ring is 1. The van der Waals surface area contributed by atoms with Gasteiger partial charge in [-0.1, -0.05) is 0 Å². The molecule has 0 aliphatic heterocycles. The Hall–Kier alpha value is -3.95. The number of carbonyl (C=O) groups excluding carboxylic acids is 1. The topological polar surface area (TPSA) is 130 Å². The van der Waals surface area contributed by atoms with E-state index in [2.05, 4.69) is 25.5 Å². The maximum atomic E-state index is 12.4. The average molecular weight is 378 g/mol. The van der Waals surface area contributed by atoms with E-state index in [9.17, 15) is 4.79 Å². The van der Waals surface area contributed by atoms with Crippen molar-refractivity contribution >= 4 is 17.7 Å². The Morgan fingerprint density at radius 3 is 2.89 bits per heavy atom. The largest absolute Gasteiger partial charge is 0.464 e. The number of aryl methyl sites for hydroxylation is 1. The van der Waals surface area contributed by atoms with E-state index in [0.29, 0.717) is 18.1 Å². The lowest BCUT2D eigenvalue weighted by Crippen LogP contribution is -2.21. The molecule has 0 bridgehead atoms. The van der Waals surface area contributed by atoms with Crippen LogP contribution in [-0.4, -0.2) is 35.4 Å². The van der Waals surface area contributed by atoms with Crippen LogP contribution in [0.15, 0.2) is 53.5 Å². The van der Waals surface area contributed by atoms with Crippen molar-refractivity contribution in [2.45, 2.75) is 20.0 Å². The third-order valence-corrected chi connectivity index (χ3v) is 3.99. The summed E-state index contributed by atoms with van der Waals surface area (Å²) in [5, 5.41) is 11.3. The second-order valence-electron chi connectivity index (χ2n) is 6.16. The average Bonchev–Trinajstić information content (AvgIpc) is 3.38. The minimum absolute atomic E-state index is 0.0472. The van der Waals surface area contributed by atoms with Crippen molar-refractivity contribution in [3.05, 3.63) is 60.6 Å². The molecule has 0 aromatic carbocycles. The summed E-state index contributed by atoms with van der Waals surface area (Å²) in [6.07, 6.45) is 6.54. The number of amides is 1. The Morgan fingerprint density at radius 2 is 2.11 bits per heavy atom. The van der Waals surface area contributed by atoms with Crippen LogP contribution in [0.3, 0.4) is 0 Å². The molecule has 0 saturated carbocycles. The molecule has 10 heteroatoms. The van der Waals surface area contributed by atoms with Gasteiger partial charge in [0.2, 0.25) is 11.9 Å². The number of nitrogens with two attached hydrogens (primary N) is 1. The summed E-state index contributed by atoms with van der Waals surface area (Å²) in [6.45, 7) is 2.35. The Kier molecular flexibility index (Phi) is 4.58. The van der Waals surface area contributed by atoms with Crippen LogP contribution in [0.4, 0.5) is 11.8 Å². The van der Waals surface area contributed by atoms with Gasteiger partial charge in [-0.05, 0) is 25.1 Å². The van der Waals surface area contributed by atoms with Crippen LogP contribution in [0.5, 0.6) is 0 Å². The van der Waals surface area contributed by atoms with E-state index >= 15 is 0 Å². The van der Waals surface area contributed by atoms with E-state index in [1.807, 2.05) is 19.1 Å². The lowest BCUT2D eigenvalue weighted by atomic mass is 10.2. The molecule has 0 saturated heterocycles. The van der Waals surface area contributed by atoms with Gasteiger partial charge >= 0.3 is 0 Å². The highest BCUT2D eigenvalue weighted by atomic mass is 16.3. The van der Waals surface area contributed by atoms with Crippen molar-refractivity contribution in [3.8, 4) is 11.3 Å². The minimum Gasteiger partial charge on any atom is -0.464 e. The van der Waals surface area contributed by atoms with Crippen molar-refractivity contribution in [1.82, 2.24) is 29.5 Å². The number of hydrogen-bond acceptors (Lipinski definition) is 7. The SMILES string of the molecule is Cc1ccc(Cn2nccc2NC(=O)Cn2cc(-c3ccnc(N)n3)cn2)o1. The molecular weight excluding hydrogens is 360 g/mol. The van der Waals surface area contributed by atoms with E-state index in [0.717, 1.165) is 17.1 Å².